The first-order valence-electron chi connectivity index (χ1n) is 10.3. The number of hydrogen-bond acceptors (Lipinski definition) is 4. The molecule has 1 amide bonds. The summed E-state index contributed by atoms with van der Waals surface area (Å²) in [4.78, 5) is 18.9. The maximum Gasteiger partial charge on any atom is 0.224 e. The van der Waals surface area contributed by atoms with Crippen molar-refractivity contribution >= 4 is 5.91 Å². The van der Waals surface area contributed by atoms with Gasteiger partial charge in [0.2, 0.25) is 5.91 Å². The Labute approximate surface area is 171 Å². The monoisotopic (exact) mass is 397 g/mol. The molecule has 1 saturated heterocycles. The van der Waals surface area contributed by atoms with Crippen molar-refractivity contribution < 1.29 is 13.9 Å². The van der Waals surface area contributed by atoms with Crippen molar-refractivity contribution in [3.63, 3.8) is 0 Å². The highest BCUT2D eigenvalue weighted by Gasteiger charge is 2.42. The van der Waals surface area contributed by atoms with Crippen LogP contribution >= 0.6 is 0 Å². The Bertz CT molecular complexity index is 832. The van der Waals surface area contributed by atoms with Gasteiger partial charge in [0.25, 0.3) is 0 Å². The van der Waals surface area contributed by atoms with Crippen molar-refractivity contribution in [3.8, 4) is 0 Å². The molecule has 6 heteroatoms. The van der Waals surface area contributed by atoms with E-state index in [2.05, 4.69) is 15.2 Å². The van der Waals surface area contributed by atoms with E-state index in [1.54, 1.807) is 25.6 Å². The molecule has 5 nitrogen and oxygen atoms in total. The molecule has 1 N–H and O–H groups in total. The normalized spacial score (nSPS) is 26.8. The average molecular weight is 397 g/mol. The number of aromatic nitrogens is 1. The van der Waals surface area contributed by atoms with Gasteiger partial charge in [0.1, 0.15) is 5.82 Å². The Hall–Kier alpha value is -2.31. The molecule has 154 valence electrons. The average Bonchev–Trinajstić information content (AvgIpc) is 3.11. The third kappa shape index (κ3) is 4.82. The summed E-state index contributed by atoms with van der Waals surface area (Å²) in [5.41, 5.74) is 1.65. The molecular formula is C23H28FN3O2. The van der Waals surface area contributed by atoms with Crippen molar-refractivity contribution in [1.29, 1.82) is 0 Å². The fourth-order valence-corrected chi connectivity index (χ4v) is 4.87. The fourth-order valence-electron chi connectivity index (χ4n) is 4.87. The summed E-state index contributed by atoms with van der Waals surface area (Å²) in [7, 11) is 1.72. The number of methoxy groups -OCH3 is 1. The zero-order valence-corrected chi connectivity index (χ0v) is 16.8. The number of carbonyl (C=O) groups excluding carboxylic acids is 1. The first kappa shape index (κ1) is 20.0. The van der Waals surface area contributed by atoms with Crippen LogP contribution in [0.25, 0.3) is 0 Å². The zero-order chi connectivity index (χ0) is 20.2. The van der Waals surface area contributed by atoms with Crippen molar-refractivity contribution in [1.82, 2.24) is 15.2 Å². The number of nitrogens with one attached hydrogen (secondary N) is 1. The molecule has 0 bridgehead atoms. The number of rotatable bonds is 6. The van der Waals surface area contributed by atoms with Gasteiger partial charge in [-0.25, -0.2) is 4.39 Å². The number of ether oxygens (including phenoxy) is 1. The molecule has 2 aliphatic rings. The first-order chi connectivity index (χ1) is 14.1. The van der Waals surface area contributed by atoms with E-state index < -0.39 is 0 Å². The standard InChI is InChI=1S/C23H28FN3O2/c1-29-22-11-19-15-27(13-17-6-2-3-7-20(17)24)14-18(19)10-21(22)26-23(28)9-16-5-4-8-25-12-16/h2-8,12,18-19,21-22H,9-11,13-15H2,1H3,(H,26,28)/t18-,19+,21-,22-/m0/s1. The van der Waals surface area contributed by atoms with Crippen LogP contribution in [-0.4, -0.2) is 48.1 Å². The molecule has 2 aromatic rings. The second-order valence-corrected chi connectivity index (χ2v) is 8.26. The van der Waals surface area contributed by atoms with Crippen LogP contribution in [0.5, 0.6) is 0 Å². The predicted octanol–water partition coefficient (Wildman–Crippen LogP) is 2.81. The summed E-state index contributed by atoms with van der Waals surface area (Å²) >= 11 is 0. The van der Waals surface area contributed by atoms with Crippen molar-refractivity contribution in [3.05, 3.63) is 65.7 Å². The molecule has 2 heterocycles. The lowest BCUT2D eigenvalue weighted by molar-refractivity contribution is -0.123. The van der Waals surface area contributed by atoms with E-state index >= 15 is 0 Å². The smallest absolute Gasteiger partial charge is 0.224 e. The Morgan fingerprint density at radius 1 is 1.21 bits per heavy atom. The Morgan fingerprint density at radius 2 is 2.00 bits per heavy atom. The summed E-state index contributed by atoms with van der Waals surface area (Å²) in [6.45, 7) is 2.52. The summed E-state index contributed by atoms with van der Waals surface area (Å²) in [5, 5.41) is 3.18. The number of benzene rings is 1. The highest BCUT2D eigenvalue weighted by atomic mass is 19.1. The van der Waals surface area contributed by atoms with Crippen LogP contribution in [0.1, 0.15) is 24.0 Å². The van der Waals surface area contributed by atoms with E-state index in [1.807, 2.05) is 24.3 Å². The Morgan fingerprint density at radius 3 is 2.72 bits per heavy atom. The molecule has 1 aliphatic carbocycles. The maximum atomic E-state index is 14.0. The third-order valence-corrected chi connectivity index (χ3v) is 6.28. The molecule has 4 atom stereocenters. The number of pyridine rings is 1. The zero-order valence-electron chi connectivity index (χ0n) is 16.8. The molecule has 2 fully saturated rings. The van der Waals surface area contributed by atoms with Crippen LogP contribution in [0.2, 0.25) is 0 Å². The summed E-state index contributed by atoms with van der Waals surface area (Å²) in [6, 6.07) is 10.8. The van der Waals surface area contributed by atoms with Gasteiger partial charge in [-0.3, -0.25) is 14.7 Å². The van der Waals surface area contributed by atoms with E-state index in [4.69, 9.17) is 4.74 Å². The van der Waals surface area contributed by atoms with Gasteiger partial charge in [-0.15, -0.1) is 0 Å². The lowest BCUT2D eigenvalue weighted by atomic mass is 9.77. The van der Waals surface area contributed by atoms with Crippen LogP contribution in [0.15, 0.2) is 48.8 Å². The number of amides is 1. The number of likely N-dealkylation sites (tertiary alicyclic amines) is 1. The minimum atomic E-state index is -0.141. The van der Waals surface area contributed by atoms with E-state index in [1.165, 1.54) is 6.07 Å². The lowest BCUT2D eigenvalue weighted by Crippen LogP contribution is -2.50. The van der Waals surface area contributed by atoms with Crippen molar-refractivity contribution in [2.24, 2.45) is 11.8 Å². The highest BCUT2D eigenvalue weighted by molar-refractivity contribution is 5.78. The SMILES string of the molecule is CO[C@H]1C[C@@H]2CN(Cc3ccccc3F)C[C@@H]2C[C@@H]1NC(=O)Cc1cccnc1. The highest BCUT2D eigenvalue weighted by Crippen LogP contribution is 2.38. The number of fused-ring (bicyclic) bond motifs is 1. The Kier molecular flexibility index (Phi) is 6.21. The fraction of sp³-hybridized carbons (Fsp3) is 0.478. The van der Waals surface area contributed by atoms with Gasteiger partial charge in [0, 0.05) is 44.7 Å². The van der Waals surface area contributed by atoms with E-state index in [-0.39, 0.29) is 23.9 Å². The molecule has 0 radical (unpaired) electrons. The lowest BCUT2D eigenvalue weighted by Gasteiger charge is -2.37. The number of hydrogen-bond donors (Lipinski definition) is 1. The Balaban J connectivity index is 1.36. The predicted molar refractivity (Wildman–Crippen MR) is 109 cm³/mol. The molecule has 4 rings (SSSR count). The molecular weight excluding hydrogens is 369 g/mol. The molecule has 0 spiro atoms. The molecule has 0 unspecified atom stereocenters. The van der Waals surface area contributed by atoms with Crippen LogP contribution in [-0.2, 0) is 22.5 Å². The van der Waals surface area contributed by atoms with E-state index in [0.717, 1.165) is 37.1 Å². The number of halogens is 1. The van der Waals surface area contributed by atoms with Crippen LogP contribution in [0, 0.1) is 17.7 Å². The first-order valence-corrected chi connectivity index (χ1v) is 10.3. The van der Waals surface area contributed by atoms with Gasteiger partial charge < -0.3 is 10.1 Å². The van der Waals surface area contributed by atoms with Crippen molar-refractivity contribution in [2.45, 2.75) is 38.0 Å². The summed E-state index contributed by atoms with van der Waals surface area (Å²) in [5.74, 6) is 0.887. The number of carbonyl (C=O) groups is 1. The summed E-state index contributed by atoms with van der Waals surface area (Å²) < 4.78 is 19.7. The van der Waals surface area contributed by atoms with Crippen molar-refractivity contribution in [2.75, 3.05) is 20.2 Å². The van der Waals surface area contributed by atoms with Gasteiger partial charge in [0.15, 0.2) is 0 Å². The van der Waals surface area contributed by atoms with Gasteiger partial charge in [-0.1, -0.05) is 24.3 Å². The largest absolute Gasteiger partial charge is 0.379 e. The molecule has 1 aromatic heterocycles. The molecule has 29 heavy (non-hydrogen) atoms. The second kappa shape index (κ2) is 9.01. The van der Waals surface area contributed by atoms with E-state index in [9.17, 15) is 9.18 Å². The van der Waals surface area contributed by atoms with Crippen LogP contribution in [0.4, 0.5) is 4.39 Å². The summed E-state index contributed by atoms with van der Waals surface area (Å²) in [6.07, 6.45) is 5.60. The minimum absolute atomic E-state index is 0.00436. The van der Waals surface area contributed by atoms with Crippen LogP contribution in [0.3, 0.4) is 0 Å². The maximum absolute atomic E-state index is 14.0. The molecule has 1 aromatic carbocycles. The van der Waals surface area contributed by atoms with Crippen LogP contribution < -0.4 is 5.32 Å². The third-order valence-electron chi connectivity index (χ3n) is 6.28. The van der Waals surface area contributed by atoms with E-state index in [0.29, 0.717) is 24.8 Å². The topological polar surface area (TPSA) is 54.5 Å². The molecule has 1 aliphatic heterocycles. The molecule has 1 saturated carbocycles. The second-order valence-electron chi connectivity index (χ2n) is 8.26. The van der Waals surface area contributed by atoms with Gasteiger partial charge in [-0.05, 0) is 42.4 Å². The number of nitrogens with zero attached hydrogens (tertiary/aromatic N) is 2. The van der Waals surface area contributed by atoms with Gasteiger partial charge in [-0.2, -0.15) is 0 Å². The minimum Gasteiger partial charge on any atom is -0.379 e. The van der Waals surface area contributed by atoms with Gasteiger partial charge in [0.05, 0.1) is 18.6 Å². The van der Waals surface area contributed by atoms with Gasteiger partial charge >= 0.3 is 0 Å². The quantitative estimate of drug-likeness (QED) is 0.815.